The van der Waals surface area contributed by atoms with Crippen LogP contribution in [0.5, 0.6) is 5.75 Å². The van der Waals surface area contributed by atoms with Crippen molar-refractivity contribution < 1.29 is 14.3 Å². The lowest BCUT2D eigenvalue weighted by molar-refractivity contribution is -0.139. The molecule has 0 N–H and O–H groups in total. The molecule has 6 nitrogen and oxygen atoms in total. The summed E-state index contributed by atoms with van der Waals surface area (Å²) in [6, 6.07) is 12.8. The lowest BCUT2D eigenvalue weighted by atomic mass is 9.92. The summed E-state index contributed by atoms with van der Waals surface area (Å²) in [6.07, 6.45) is 3.14. The molecular weight excluding hydrogens is 532 g/mol. The van der Waals surface area contributed by atoms with Crippen LogP contribution in [0, 0.1) is 0 Å². The molecule has 2 heterocycles. The van der Waals surface area contributed by atoms with E-state index in [1.165, 1.54) is 16.9 Å². The minimum atomic E-state index is -0.643. The van der Waals surface area contributed by atoms with Crippen molar-refractivity contribution in [3.05, 3.63) is 95.1 Å². The maximum atomic E-state index is 14.0. The predicted octanol–water partition coefficient (Wildman–Crippen LogP) is 6.14. The zero-order chi connectivity index (χ0) is 28.3. The zero-order valence-electron chi connectivity index (χ0n) is 23.3. The van der Waals surface area contributed by atoms with E-state index in [1.54, 1.807) is 29.7 Å². The maximum Gasteiger partial charge on any atom is 0.338 e. The lowest BCUT2D eigenvalue weighted by Gasteiger charge is -2.26. The van der Waals surface area contributed by atoms with Crippen molar-refractivity contribution in [2.24, 2.45) is 4.99 Å². The van der Waals surface area contributed by atoms with Crippen molar-refractivity contribution >= 4 is 35.0 Å². The third-order valence-corrected chi connectivity index (χ3v) is 7.65. The topological polar surface area (TPSA) is 69.9 Å². The Morgan fingerprint density at radius 2 is 1.85 bits per heavy atom. The first-order chi connectivity index (χ1) is 18.6. The molecule has 1 aliphatic heterocycles. The first kappa shape index (κ1) is 28.8. The summed E-state index contributed by atoms with van der Waals surface area (Å²) in [4.78, 5) is 32.8. The Kier molecular flexibility index (Phi) is 9.13. The standard InChI is InChI=1S/C31H35ClN2O4S/c1-7-9-24-27(30(36)37-8-2)28(21-12-10-20(11-13-21)18(3)4)34-29(35)26(39-31(34)33-24)17-22-16-23(32)14-15-25(22)38-19(5)6/h10-19,28H,7-9H2,1-6H3/b26-17+/t28-/m0/s1. The lowest BCUT2D eigenvalue weighted by Crippen LogP contribution is -2.40. The molecule has 1 aromatic heterocycles. The summed E-state index contributed by atoms with van der Waals surface area (Å²) in [5, 5.41) is 0.545. The highest BCUT2D eigenvalue weighted by Crippen LogP contribution is 2.33. The molecule has 0 radical (unpaired) electrons. The van der Waals surface area contributed by atoms with Gasteiger partial charge < -0.3 is 9.47 Å². The molecule has 0 aliphatic carbocycles. The largest absolute Gasteiger partial charge is 0.490 e. The monoisotopic (exact) mass is 566 g/mol. The van der Waals surface area contributed by atoms with Crippen molar-refractivity contribution in [2.75, 3.05) is 6.61 Å². The Labute approximate surface area is 238 Å². The fraction of sp³-hybridized carbons (Fsp3) is 0.387. The van der Waals surface area contributed by atoms with Gasteiger partial charge in [-0.05, 0) is 68.5 Å². The summed E-state index contributed by atoms with van der Waals surface area (Å²) < 4.78 is 13.6. The molecule has 206 valence electrons. The quantitative estimate of drug-likeness (QED) is 0.292. The number of halogens is 1. The zero-order valence-corrected chi connectivity index (χ0v) is 24.9. The summed E-state index contributed by atoms with van der Waals surface area (Å²) in [7, 11) is 0. The van der Waals surface area contributed by atoms with E-state index in [0.29, 0.717) is 49.3 Å². The van der Waals surface area contributed by atoms with E-state index in [1.807, 2.05) is 39.0 Å². The summed E-state index contributed by atoms with van der Waals surface area (Å²) in [6.45, 7) is 12.2. The van der Waals surface area contributed by atoms with E-state index < -0.39 is 12.0 Å². The molecular formula is C31H35ClN2O4S. The highest BCUT2D eigenvalue weighted by molar-refractivity contribution is 7.07. The molecule has 0 spiro atoms. The van der Waals surface area contributed by atoms with Gasteiger partial charge in [0.05, 0.1) is 34.6 Å². The number of carbonyl (C=O) groups is 1. The second-order valence-electron chi connectivity index (χ2n) is 10.1. The van der Waals surface area contributed by atoms with E-state index in [9.17, 15) is 9.59 Å². The Bertz CT molecular complexity index is 1570. The van der Waals surface area contributed by atoms with Gasteiger partial charge in [0.25, 0.3) is 5.56 Å². The second-order valence-corrected chi connectivity index (χ2v) is 11.5. The number of rotatable bonds is 9. The molecule has 0 unspecified atom stereocenters. The molecule has 8 heteroatoms. The first-order valence-electron chi connectivity index (χ1n) is 13.4. The fourth-order valence-corrected chi connectivity index (χ4v) is 5.83. The molecule has 0 saturated carbocycles. The minimum absolute atomic E-state index is 0.0444. The van der Waals surface area contributed by atoms with Crippen LogP contribution in [0.1, 0.15) is 83.0 Å². The van der Waals surface area contributed by atoms with Crippen molar-refractivity contribution in [3.63, 3.8) is 0 Å². The Morgan fingerprint density at radius 1 is 1.13 bits per heavy atom. The number of carbonyl (C=O) groups excluding carboxylic acids is 1. The predicted molar refractivity (Wildman–Crippen MR) is 157 cm³/mol. The van der Waals surface area contributed by atoms with E-state index in [4.69, 9.17) is 26.1 Å². The molecule has 39 heavy (non-hydrogen) atoms. The maximum absolute atomic E-state index is 14.0. The van der Waals surface area contributed by atoms with E-state index in [0.717, 1.165) is 12.0 Å². The number of hydrogen-bond acceptors (Lipinski definition) is 6. The fourth-order valence-electron chi connectivity index (χ4n) is 4.63. The Morgan fingerprint density at radius 3 is 2.46 bits per heavy atom. The molecule has 1 atom stereocenters. The third-order valence-electron chi connectivity index (χ3n) is 6.43. The molecule has 3 aromatic rings. The van der Waals surface area contributed by atoms with Crippen LogP contribution in [0.25, 0.3) is 6.08 Å². The van der Waals surface area contributed by atoms with Crippen molar-refractivity contribution in [3.8, 4) is 5.75 Å². The van der Waals surface area contributed by atoms with Gasteiger partial charge in [-0.3, -0.25) is 9.36 Å². The second kappa shape index (κ2) is 12.3. The minimum Gasteiger partial charge on any atom is -0.490 e. The van der Waals surface area contributed by atoms with E-state index >= 15 is 0 Å². The van der Waals surface area contributed by atoms with Crippen LogP contribution in [0.2, 0.25) is 5.02 Å². The van der Waals surface area contributed by atoms with Gasteiger partial charge in [-0.25, -0.2) is 9.79 Å². The molecule has 2 aromatic carbocycles. The summed E-state index contributed by atoms with van der Waals surface area (Å²) >= 11 is 7.60. The molecule has 4 rings (SSSR count). The van der Waals surface area contributed by atoms with Gasteiger partial charge in [-0.15, -0.1) is 0 Å². The van der Waals surface area contributed by atoms with Gasteiger partial charge >= 0.3 is 5.97 Å². The van der Waals surface area contributed by atoms with Gasteiger partial charge in [0, 0.05) is 10.6 Å². The third kappa shape index (κ3) is 6.20. The number of ether oxygens (including phenoxy) is 2. The number of nitrogens with zero attached hydrogens (tertiary/aromatic N) is 2. The molecule has 0 bridgehead atoms. The number of thiazole rings is 1. The van der Waals surface area contributed by atoms with Gasteiger partial charge in [0.1, 0.15) is 5.75 Å². The number of esters is 1. The highest BCUT2D eigenvalue weighted by Gasteiger charge is 2.34. The SMILES string of the molecule is CCCC1=C(C(=O)OCC)[C@H](c2ccc(C(C)C)cc2)n2c(s/c(=C/c3cc(Cl)ccc3OC(C)C)c2=O)=N1. The summed E-state index contributed by atoms with van der Waals surface area (Å²) in [5.41, 5.74) is 3.57. The van der Waals surface area contributed by atoms with Crippen molar-refractivity contribution in [1.82, 2.24) is 4.57 Å². The Hall–Kier alpha value is -3.16. The van der Waals surface area contributed by atoms with Gasteiger partial charge in [0.15, 0.2) is 4.80 Å². The van der Waals surface area contributed by atoms with Crippen LogP contribution < -0.4 is 19.6 Å². The average Bonchev–Trinajstić information content (AvgIpc) is 3.19. The number of fused-ring (bicyclic) bond motifs is 1. The molecule has 1 aliphatic rings. The first-order valence-corrected chi connectivity index (χ1v) is 14.6. The van der Waals surface area contributed by atoms with Gasteiger partial charge in [-0.1, -0.05) is 74.4 Å². The number of benzene rings is 2. The highest BCUT2D eigenvalue weighted by atomic mass is 35.5. The number of hydrogen-bond donors (Lipinski definition) is 0. The molecule has 0 fully saturated rings. The molecule has 0 saturated heterocycles. The summed E-state index contributed by atoms with van der Waals surface area (Å²) in [5.74, 6) is 0.552. The molecule has 0 amide bonds. The van der Waals surface area contributed by atoms with E-state index in [-0.39, 0.29) is 18.3 Å². The number of aromatic nitrogens is 1. The average molecular weight is 567 g/mol. The number of allylic oxidation sites excluding steroid dienone is 1. The van der Waals surface area contributed by atoms with Crippen LogP contribution in [0.4, 0.5) is 0 Å². The Balaban J connectivity index is 1.98. The van der Waals surface area contributed by atoms with Crippen molar-refractivity contribution in [2.45, 2.75) is 72.4 Å². The van der Waals surface area contributed by atoms with Crippen LogP contribution in [0.3, 0.4) is 0 Å². The van der Waals surface area contributed by atoms with E-state index in [2.05, 4.69) is 26.0 Å². The van der Waals surface area contributed by atoms with Gasteiger partial charge in [0.2, 0.25) is 0 Å². The van der Waals surface area contributed by atoms with Crippen molar-refractivity contribution in [1.29, 1.82) is 0 Å². The van der Waals surface area contributed by atoms with Crippen LogP contribution in [-0.2, 0) is 9.53 Å². The van der Waals surface area contributed by atoms with Crippen LogP contribution in [-0.4, -0.2) is 23.2 Å². The van der Waals surface area contributed by atoms with Crippen LogP contribution in [0.15, 0.2) is 63.5 Å². The van der Waals surface area contributed by atoms with Gasteiger partial charge in [-0.2, -0.15) is 0 Å². The normalized spacial score (nSPS) is 15.5. The smallest absolute Gasteiger partial charge is 0.338 e. The van der Waals surface area contributed by atoms with Crippen LogP contribution >= 0.6 is 22.9 Å².